The summed E-state index contributed by atoms with van der Waals surface area (Å²) in [6.07, 6.45) is 69.9. The number of allylic oxidation sites excluding steroid dienone is 2. The van der Waals surface area contributed by atoms with E-state index in [9.17, 15) is 45.6 Å². The van der Waals surface area contributed by atoms with Crippen LogP contribution < -0.4 is 5.32 Å². The quantitative estimate of drug-likeness (QED) is 0.0204. The molecule has 0 bridgehead atoms. The van der Waals surface area contributed by atoms with Crippen molar-refractivity contribution in [2.75, 3.05) is 19.8 Å². The maximum Gasteiger partial charge on any atom is 0.220 e. The van der Waals surface area contributed by atoms with Gasteiger partial charge in [-0.3, -0.25) is 4.79 Å². The number of hydrogen-bond donors (Lipinski definition) is 9. The predicted molar refractivity (Wildman–Crippen MR) is 402 cm³/mol. The monoisotopic (exact) mass is 1380 g/mol. The lowest BCUT2D eigenvalue weighted by molar-refractivity contribution is -0.359. The number of amides is 1. The number of carbonyl (C=O) groups is 1. The molecular formula is C83H161NO13. The molecule has 0 saturated carbocycles. The normalized spacial score (nSPS) is 22.1. The van der Waals surface area contributed by atoms with E-state index in [1.54, 1.807) is 0 Å². The van der Waals surface area contributed by atoms with Crippen LogP contribution in [0.5, 0.6) is 0 Å². The molecule has 9 N–H and O–H groups in total. The molecule has 0 aliphatic carbocycles. The highest BCUT2D eigenvalue weighted by molar-refractivity contribution is 5.76. The molecular weight excluding hydrogens is 1220 g/mol. The van der Waals surface area contributed by atoms with Crippen molar-refractivity contribution in [1.82, 2.24) is 5.32 Å². The number of hydrogen-bond acceptors (Lipinski definition) is 13. The molecule has 2 heterocycles. The van der Waals surface area contributed by atoms with E-state index in [1.807, 2.05) is 0 Å². The van der Waals surface area contributed by atoms with Crippen molar-refractivity contribution in [3.05, 3.63) is 12.2 Å². The summed E-state index contributed by atoms with van der Waals surface area (Å²) in [7, 11) is 0. The van der Waals surface area contributed by atoms with Gasteiger partial charge in [-0.15, -0.1) is 0 Å². The number of rotatable bonds is 73. The second-order valence-electron chi connectivity index (χ2n) is 30.3. The van der Waals surface area contributed by atoms with E-state index in [0.29, 0.717) is 12.8 Å². The molecule has 2 aliphatic rings. The highest BCUT2D eigenvalue weighted by Crippen LogP contribution is 2.31. The molecule has 12 atom stereocenters. The molecule has 14 heteroatoms. The second-order valence-corrected chi connectivity index (χ2v) is 30.3. The van der Waals surface area contributed by atoms with Crippen LogP contribution in [-0.2, 0) is 23.7 Å². The van der Waals surface area contributed by atoms with Gasteiger partial charge in [0.1, 0.15) is 48.8 Å². The number of aliphatic hydroxyl groups is 8. The smallest absolute Gasteiger partial charge is 0.220 e. The molecule has 1 amide bonds. The van der Waals surface area contributed by atoms with Crippen LogP contribution in [0.25, 0.3) is 0 Å². The van der Waals surface area contributed by atoms with Crippen molar-refractivity contribution in [3.63, 3.8) is 0 Å². The van der Waals surface area contributed by atoms with Gasteiger partial charge in [0.15, 0.2) is 12.6 Å². The molecule has 2 saturated heterocycles. The van der Waals surface area contributed by atoms with Crippen LogP contribution in [0, 0.1) is 0 Å². The number of unbranched alkanes of at least 4 members (excludes halogenated alkanes) is 58. The lowest BCUT2D eigenvalue weighted by Crippen LogP contribution is -2.65. The van der Waals surface area contributed by atoms with Gasteiger partial charge in [-0.05, 0) is 38.5 Å². The van der Waals surface area contributed by atoms with Gasteiger partial charge >= 0.3 is 0 Å². The first-order valence-electron chi connectivity index (χ1n) is 42.4. The third-order valence-corrected chi connectivity index (χ3v) is 21.2. The van der Waals surface area contributed by atoms with Crippen molar-refractivity contribution in [2.45, 2.75) is 492 Å². The topological polar surface area (TPSA) is 228 Å². The molecule has 0 radical (unpaired) electrons. The minimum Gasteiger partial charge on any atom is -0.394 e. The van der Waals surface area contributed by atoms with Crippen molar-refractivity contribution in [1.29, 1.82) is 0 Å². The summed E-state index contributed by atoms with van der Waals surface area (Å²) in [5.41, 5.74) is 0. The Morgan fingerprint density at radius 3 is 0.979 bits per heavy atom. The molecule has 14 nitrogen and oxygen atoms in total. The van der Waals surface area contributed by atoms with Crippen LogP contribution >= 0.6 is 0 Å². The zero-order valence-electron chi connectivity index (χ0n) is 63.4. The second kappa shape index (κ2) is 67.9. The lowest BCUT2D eigenvalue weighted by atomic mass is 9.97. The van der Waals surface area contributed by atoms with Gasteiger partial charge in [-0.1, -0.05) is 386 Å². The SMILES string of the molecule is CCCCCCCCCC/C=C\CCCCCCCCCCCCCCCCCCCCCCCCCCCC(=O)NC(COC1OC(CO)C(OC2OC(CO)C(O)C(O)C2O)C(O)C1O)C(O)CCCCCCCCCCCCCCCCCCCCCCCCCCCC. The minimum absolute atomic E-state index is 0.195. The van der Waals surface area contributed by atoms with Gasteiger partial charge < -0.3 is 65.1 Å². The average molecular weight is 1380 g/mol. The van der Waals surface area contributed by atoms with E-state index < -0.39 is 86.8 Å². The zero-order chi connectivity index (χ0) is 70.1. The Balaban J connectivity index is 1.56. The lowest BCUT2D eigenvalue weighted by Gasteiger charge is -2.46. The third-order valence-electron chi connectivity index (χ3n) is 21.2. The fraction of sp³-hybridized carbons (Fsp3) is 0.964. The zero-order valence-corrected chi connectivity index (χ0v) is 63.4. The summed E-state index contributed by atoms with van der Waals surface area (Å²) in [4.78, 5) is 13.4. The molecule has 576 valence electrons. The van der Waals surface area contributed by atoms with Crippen LogP contribution in [0.2, 0.25) is 0 Å². The molecule has 2 rings (SSSR count). The fourth-order valence-corrected chi connectivity index (χ4v) is 14.5. The summed E-state index contributed by atoms with van der Waals surface area (Å²) in [5.74, 6) is -0.195. The Bertz CT molecular complexity index is 1680. The molecule has 0 spiro atoms. The Morgan fingerprint density at radius 1 is 0.361 bits per heavy atom. The summed E-state index contributed by atoms with van der Waals surface area (Å²) >= 11 is 0. The number of aliphatic hydroxyl groups excluding tert-OH is 8. The van der Waals surface area contributed by atoms with Gasteiger partial charge in [0, 0.05) is 6.42 Å². The Morgan fingerprint density at radius 2 is 0.649 bits per heavy atom. The van der Waals surface area contributed by atoms with E-state index in [2.05, 4.69) is 31.3 Å². The van der Waals surface area contributed by atoms with E-state index in [0.717, 1.165) is 51.4 Å². The molecule has 0 aromatic heterocycles. The largest absolute Gasteiger partial charge is 0.394 e. The predicted octanol–water partition coefficient (Wildman–Crippen LogP) is 19.6. The molecule has 12 unspecified atom stereocenters. The van der Waals surface area contributed by atoms with Crippen LogP contribution in [0.1, 0.15) is 418 Å². The summed E-state index contributed by atoms with van der Waals surface area (Å²) < 4.78 is 23.0. The maximum atomic E-state index is 13.4. The summed E-state index contributed by atoms with van der Waals surface area (Å²) in [6, 6.07) is -0.827. The van der Waals surface area contributed by atoms with E-state index in [-0.39, 0.29) is 12.5 Å². The Labute approximate surface area is 596 Å². The molecule has 0 aromatic carbocycles. The molecule has 2 fully saturated rings. The van der Waals surface area contributed by atoms with Crippen LogP contribution in [0.3, 0.4) is 0 Å². The Kier molecular flexibility index (Phi) is 64.2. The van der Waals surface area contributed by atoms with Gasteiger partial charge in [-0.25, -0.2) is 0 Å². The van der Waals surface area contributed by atoms with E-state index in [1.165, 1.54) is 340 Å². The third kappa shape index (κ3) is 50.7. The van der Waals surface area contributed by atoms with Gasteiger partial charge in [0.25, 0.3) is 0 Å². The van der Waals surface area contributed by atoms with Crippen molar-refractivity contribution in [2.24, 2.45) is 0 Å². The van der Waals surface area contributed by atoms with E-state index >= 15 is 0 Å². The van der Waals surface area contributed by atoms with Crippen LogP contribution in [0.4, 0.5) is 0 Å². The highest BCUT2D eigenvalue weighted by Gasteiger charge is 2.51. The first-order chi connectivity index (χ1) is 47.6. The number of ether oxygens (including phenoxy) is 4. The number of nitrogens with one attached hydrogen (secondary N) is 1. The molecule has 97 heavy (non-hydrogen) atoms. The summed E-state index contributed by atoms with van der Waals surface area (Å²) in [5, 5.41) is 87.9. The highest BCUT2D eigenvalue weighted by atomic mass is 16.7. The van der Waals surface area contributed by atoms with Gasteiger partial charge in [0.05, 0.1) is 32.0 Å². The molecule has 2 aliphatic heterocycles. The maximum absolute atomic E-state index is 13.4. The van der Waals surface area contributed by atoms with E-state index in [4.69, 9.17) is 18.9 Å². The standard InChI is InChI=1S/C83H161NO13/c1-3-5-7-9-11-13-15-17-19-21-23-25-27-29-31-32-33-34-35-36-37-38-39-40-41-43-45-47-49-51-53-55-57-59-61-63-65-67-75(88)84-71(70-94-82-80(93)78(91)81(74(69-86)96-82)97-83-79(92)77(90)76(89)73(68-85)95-83)72(87)66-64-62-60-58-56-54-52-50-48-46-44-42-30-28-26-24-22-20-18-16-14-12-10-8-6-4-2/h21,23,71-74,76-83,85-87,89-93H,3-20,22,24-70H2,1-2H3,(H,84,88)/b23-21-. The fourth-order valence-electron chi connectivity index (χ4n) is 14.5. The minimum atomic E-state index is -1.78. The van der Waals surface area contributed by atoms with Gasteiger partial charge in [-0.2, -0.15) is 0 Å². The Hall–Kier alpha value is -1.27. The van der Waals surface area contributed by atoms with Crippen molar-refractivity contribution >= 4 is 5.91 Å². The number of carbonyl (C=O) groups excluding carboxylic acids is 1. The molecule has 0 aromatic rings. The average Bonchev–Trinajstić information content (AvgIpc) is 0.794. The van der Waals surface area contributed by atoms with Crippen LogP contribution in [-0.4, -0.2) is 140 Å². The van der Waals surface area contributed by atoms with Crippen molar-refractivity contribution < 1.29 is 64.6 Å². The van der Waals surface area contributed by atoms with Gasteiger partial charge in [0.2, 0.25) is 5.91 Å². The first-order valence-corrected chi connectivity index (χ1v) is 42.4. The summed E-state index contributed by atoms with van der Waals surface area (Å²) in [6.45, 7) is 2.94. The van der Waals surface area contributed by atoms with Crippen molar-refractivity contribution in [3.8, 4) is 0 Å². The first kappa shape index (κ1) is 91.8. The van der Waals surface area contributed by atoms with Crippen LogP contribution in [0.15, 0.2) is 12.2 Å².